The normalized spacial score (nSPS) is 10.3. The highest BCUT2D eigenvalue weighted by atomic mass is 16.5. The Balaban J connectivity index is 0. The number of rotatable bonds is 5. The summed E-state index contributed by atoms with van der Waals surface area (Å²) in [6, 6.07) is 3.70. The average Bonchev–Trinajstić information content (AvgIpc) is 2.55. The number of benzene rings is 1. The van der Waals surface area contributed by atoms with E-state index in [1.54, 1.807) is 13.8 Å². The summed E-state index contributed by atoms with van der Waals surface area (Å²) < 4.78 is 4.78. The Labute approximate surface area is 146 Å². The summed E-state index contributed by atoms with van der Waals surface area (Å²) in [7, 11) is 1.43. The standard InChI is InChI=1S/C8H8O3.C5H11NO2.C4H6O2/c1-11-8-4-6(5-9)2-3-7(8)10;1-3(2)4(6)5(7)8;1-3(2)4(5)6/h2-5,10H,1H3;3-4H,6H2,1-2H3,(H,7,8);1H2,2H3,(H,5,6)/t;4-;/m.0./s1. The quantitative estimate of drug-likeness (QED) is 0.462. The Morgan fingerprint density at radius 3 is 2.00 bits per heavy atom. The molecule has 0 fully saturated rings. The third-order valence-corrected chi connectivity index (χ3v) is 2.71. The lowest BCUT2D eigenvalue weighted by molar-refractivity contribution is -0.139. The number of aldehydes is 1. The molecule has 8 nitrogen and oxygen atoms in total. The number of phenolic OH excluding ortho intramolecular Hbond substituents is 1. The first-order valence-corrected chi connectivity index (χ1v) is 7.17. The monoisotopic (exact) mass is 355 g/mol. The first kappa shape index (κ1) is 24.4. The summed E-state index contributed by atoms with van der Waals surface area (Å²) in [4.78, 5) is 29.9. The van der Waals surface area contributed by atoms with Crippen LogP contribution in [0.5, 0.6) is 11.5 Å². The highest BCUT2D eigenvalue weighted by Gasteiger charge is 2.14. The molecule has 5 N–H and O–H groups in total. The van der Waals surface area contributed by atoms with Gasteiger partial charge in [0.25, 0.3) is 0 Å². The lowest BCUT2D eigenvalue weighted by Crippen LogP contribution is -2.34. The Morgan fingerprint density at radius 1 is 1.28 bits per heavy atom. The number of carbonyl (C=O) groups excluding carboxylic acids is 1. The van der Waals surface area contributed by atoms with Gasteiger partial charge in [-0.15, -0.1) is 0 Å². The summed E-state index contributed by atoms with van der Waals surface area (Å²) in [6.07, 6.45) is 0.696. The van der Waals surface area contributed by atoms with Gasteiger partial charge in [-0.1, -0.05) is 20.4 Å². The number of phenols is 1. The maximum absolute atomic E-state index is 10.2. The lowest BCUT2D eigenvalue weighted by Gasteiger charge is -2.07. The van der Waals surface area contributed by atoms with E-state index in [1.807, 2.05) is 0 Å². The number of carbonyl (C=O) groups is 3. The van der Waals surface area contributed by atoms with Crippen molar-refractivity contribution in [3.63, 3.8) is 0 Å². The molecule has 0 saturated heterocycles. The van der Waals surface area contributed by atoms with Crippen LogP contribution < -0.4 is 10.5 Å². The van der Waals surface area contributed by atoms with Crippen LogP contribution in [0.4, 0.5) is 0 Å². The Morgan fingerprint density at radius 2 is 1.76 bits per heavy atom. The molecule has 1 aromatic rings. The van der Waals surface area contributed by atoms with Gasteiger partial charge in [0.05, 0.1) is 7.11 Å². The first-order chi connectivity index (χ1) is 11.5. The van der Waals surface area contributed by atoms with Crippen molar-refractivity contribution in [1.82, 2.24) is 0 Å². The molecule has 1 rings (SSSR count). The van der Waals surface area contributed by atoms with Gasteiger partial charge in [-0.2, -0.15) is 0 Å². The SMILES string of the molecule is C=C(C)C(=O)O.CC(C)[C@H](N)C(=O)O.COc1cc(C=O)ccc1O. The van der Waals surface area contributed by atoms with E-state index in [4.69, 9.17) is 25.8 Å². The summed E-state index contributed by atoms with van der Waals surface area (Å²) in [5, 5.41) is 25.2. The van der Waals surface area contributed by atoms with Crippen LogP contribution in [0.25, 0.3) is 0 Å². The Kier molecular flexibility index (Phi) is 12.2. The van der Waals surface area contributed by atoms with Gasteiger partial charge in [-0.3, -0.25) is 9.59 Å². The molecule has 0 bridgehead atoms. The number of aromatic hydroxyl groups is 1. The molecular formula is C17H25NO7. The minimum Gasteiger partial charge on any atom is -0.504 e. The van der Waals surface area contributed by atoms with Gasteiger partial charge in [0.2, 0.25) is 0 Å². The first-order valence-electron chi connectivity index (χ1n) is 7.17. The van der Waals surface area contributed by atoms with Crippen LogP contribution in [0, 0.1) is 5.92 Å². The van der Waals surface area contributed by atoms with E-state index in [0.717, 1.165) is 0 Å². The van der Waals surface area contributed by atoms with Crippen LogP contribution in [-0.4, -0.2) is 46.7 Å². The van der Waals surface area contributed by atoms with Crippen molar-refractivity contribution in [3.8, 4) is 11.5 Å². The molecule has 0 radical (unpaired) electrons. The van der Waals surface area contributed by atoms with E-state index in [-0.39, 0.29) is 17.2 Å². The number of carboxylic acids is 2. The Hall–Kier alpha value is -2.87. The third-order valence-electron chi connectivity index (χ3n) is 2.71. The van der Waals surface area contributed by atoms with Crippen molar-refractivity contribution in [2.75, 3.05) is 7.11 Å². The molecule has 0 spiro atoms. The molecule has 140 valence electrons. The second-order valence-corrected chi connectivity index (χ2v) is 5.24. The number of carboxylic acid groups (broad SMARTS) is 2. The molecule has 0 aliphatic carbocycles. The van der Waals surface area contributed by atoms with Crippen LogP contribution in [0.3, 0.4) is 0 Å². The zero-order chi connectivity index (χ0) is 20.2. The van der Waals surface area contributed by atoms with Gasteiger partial charge in [0.1, 0.15) is 12.3 Å². The van der Waals surface area contributed by atoms with E-state index >= 15 is 0 Å². The molecule has 0 aliphatic rings. The van der Waals surface area contributed by atoms with E-state index in [0.29, 0.717) is 17.6 Å². The van der Waals surface area contributed by atoms with Crippen LogP contribution in [0.1, 0.15) is 31.1 Å². The van der Waals surface area contributed by atoms with Gasteiger partial charge >= 0.3 is 11.9 Å². The topological polar surface area (TPSA) is 147 Å². The molecule has 1 atom stereocenters. The largest absolute Gasteiger partial charge is 0.504 e. The summed E-state index contributed by atoms with van der Waals surface area (Å²) in [5.41, 5.74) is 5.82. The summed E-state index contributed by atoms with van der Waals surface area (Å²) in [6.45, 7) is 8.16. The molecule has 0 aromatic heterocycles. The second-order valence-electron chi connectivity index (χ2n) is 5.24. The molecule has 8 heteroatoms. The van der Waals surface area contributed by atoms with Gasteiger partial charge in [0.15, 0.2) is 11.5 Å². The molecule has 1 aromatic carbocycles. The lowest BCUT2D eigenvalue weighted by atomic mass is 10.1. The van der Waals surface area contributed by atoms with E-state index in [9.17, 15) is 14.4 Å². The van der Waals surface area contributed by atoms with Crippen molar-refractivity contribution >= 4 is 18.2 Å². The predicted molar refractivity (Wildman–Crippen MR) is 92.9 cm³/mol. The number of nitrogens with two attached hydrogens (primary N) is 1. The molecule has 0 saturated carbocycles. The zero-order valence-corrected chi connectivity index (χ0v) is 14.7. The number of hydrogen-bond acceptors (Lipinski definition) is 6. The fraction of sp³-hybridized carbons (Fsp3) is 0.353. The number of ether oxygens (including phenoxy) is 1. The molecule has 0 aliphatic heterocycles. The Bertz CT molecular complexity index is 585. The van der Waals surface area contributed by atoms with Crippen LogP contribution >= 0.6 is 0 Å². The van der Waals surface area contributed by atoms with Crippen LogP contribution in [0.15, 0.2) is 30.4 Å². The minimum absolute atomic E-state index is 0.0208. The summed E-state index contributed by atoms with van der Waals surface area (Å²) >= 11 is 0. The predicted octanol–water partition coefficient (Wildman–Crippen LogP) is 1.91. The fourth-order valence-electron chi connectivity index (χ4n) is 1.05. The van der Waals surface area contributed by atoms with Crippen molar-refractivity contribution in [1.29, 1.82) is 0 Å². The second kappa shape index (κ2) is 12.5. The van der Waals surface area contributed by atoms with Crippen molar-refractivity contribution in [2.45, 2.75) is 26.8 Å². The maximum atomic E-state index is 10.2. The van der Waals surface area contributed by atoms with Crippen molar-refractivity contribution in [3.05, 3.63) is 35.9 Å². The average molecular weight is 355 g/mol. The molecule has 0 amide bonds. The third kappa shape index (κ3) is 11.3. The van der Waals surface area contributed by atoms with E-state index < -0.39 is 18.0 Å². The highest BCUT2D eigenvalue weighted by Crippen LogP contribution is 2.25. The number of aliphatic carboxylic acids is 2. The molecule has 0 unspecified atom stereocenters. The van der Waals surface area contributed by atoms with Crippen molar-refractivity contribution < 1.29 is 34.4 Å². The highest BCUT2D eigenvalue weighted by molar-refractivity contribution is 5.84. The fourth-order valence-corrected chi connectivity index (χ4v) is 1.05. The maximum Gasteiger partial charge on any atom is 0.330 e. The van der Waals surface area contributed by atoms with Gasteiger partial charge in [-0.25, -0.2) is 4.79 Å². The molecule has 25 heavy (non-hydrogen) atoms. The molecular weight excluding hydrogens is 330 g/mol. The van der Waals surface area contributed by atoms with Gasteiger partial charge in [0, 0.05) is 11.1 Å². The number of methoxy groups -OCH3 is 1. The molecule has 0 heterocycles. The van der Waals surface area contributed by atoms with Crippen LogP contribution in [0.2, 0.25) is 0 Å². The number of hydrogen-bond donors (Lipinski definition) is 4. The van der Waals surface area contributed by atoms with E-state index in [1.165, 1.54) is 32.2 Å². The summed E-state index contributed by atoms with van der Waals surface area (Å²) in [5.74, 6) is -1.49. The van der Waals surface area contributed by atoms with Gasteiger partial charge in [-0.05, 0) is 31.0 Å². The van der Waals surface area contributed by atoms with Crippen molar-refractivity contribution in [2.24, 2.45) is 11.7 Å². The van der Waals surface area contributed by atoms with Crippen LogP contribution in [-0.2, 0) is 9.59 Å². The van der Waals surface area contributed by atoms with E-state index in [2.05, 4.69) is 6.58 Å². The smallest absolute Gasteiger partial charge is 0.330 e. The zero-order valence-electron chi connectivity index (χ0n) is 14.7. The minimum atomic E-state index is -0.935. The van der Waals surface area contributed by atoms with Gasteiger partial charge < -0.3 is 25.8 Å².